The van der Waals surface area contributed by atoms with Crippen molar-refractivity contribution in [2.45, 2.75) is 19.9 Å². The van der Waals surface area contributed by atoms with Gasteiger partial charge >= 0.3 is 0 Å². The fraction of sp³-hybridized carbons (Fsp3) is 0.360. The predicted molar refractivity (Wildman–Crippen MR) is 124 cm³/mol. The molecule has 0 spiro atoms. The quantitative estimate of drug-likeness (QED) is 0.366. The van der Waals surface area contributed by atoms with E-state index < -0.39 is 17.7 Å². The number of aliphatic hydroxyl groups is 1. The lowest BCUT2D eigenvalue weighted by atomic mass is 9.95. The summed E-state index contributed by atoms with van der Waals surface area (Å²) in [6.07, 6.45) is 0. The van der Waals surface area contributed by atoms with Gasteiger partial charge in [-0.25, -0.2) is 0 Å². The summed E-state index contributed by atoms with van der Waals surface area (Å²) in [6.45, 7) is 6.45. The number of hydrogen-bond acceptors (Lipinski definition) is 6. The SMILES string of the molecule is CCN(CC)c1ccc(C2/C(=C(/O)c3ccc(OC)cc3)C(=O)C(=O)N2CCOC)cc1. The third-order valence-corrected chi connectivity index (χ3v) is 5.78. The smallest absolute Gasteiger partial charge is 0.295 e. The highest BCUT2D eigenvalue weighted by atomic mass is 16.5. The van der Waals surface area contributed by atoms with E-state index in [1.807, 2.05) is 24.3 Å². The summed E-state index contributed by atoms with van der Waals surface area (Å²) in [5.74, 6) is -0.920. The minimum atomic E-state index is -0.702. The van der Waals surface area contributed by atoms with Gasteiger partial charge < -0.3 is 24.4 Å². The number of nitrogens with zero attached hydrogens (tertiary/aromatic N) is 2. The number of hydrogen-bond donors (Lipinski definition) is 1. The number of aliphatic hydroxyl groups excluding tert-OH is 1. The molecule has 0 bridgehead atoms. The van der Waals surface area contributed by atoms with Gasteiger partial charge in [0.25, 0.3) is 11.7 Å². The molecule has 1 saturated heterocycles. The van der Waals surface area contributed by atoms with Crippen LogP contribution in [0, 0.1) is 0 Å². The van der Waals surface area contributed by atoms with Gasteiger partial charge in [-0.05, 0) is 55.8 Å². The number of ether oxygens (including phenoxy) is 2. The number of rotatable bonds is 9. The first-order valence-electron chi connectivity index (χ1n) is 10.7. The first-order chi connectivity index (χ1) is 15.5. The Labute approximate surface area is 188 Å². The van der Waals surface area contributed by atoms with Crippen molar-refractivity contribution in [1.29, 1.82) is 0 Å². The number of carbonyl (C=O) groups excluding carboxylic acids is 2. The first-order valence-corrected chi connectivity index (χ1v) is 10.7. The van der Waals surface area contributed by atoms with Crippen LogP contribution in [0.5, 0.6) is 5.75 Å². The van der Waals surface area contributed by atoms with Gasteiger partial charge in [-0.3, -0.25) is 9.59 Å². The van der Waals surface area contributed by atoms with Gasteiger partial charge in [0.15, 0.2) is 0 Å². The minimum absolute atomic E-state index is 0.0758. The lowest BCUT2D eigenvalue weighted by molar-refractivity contribution is -0.140. The molecule has 0 aliphatic carbocycles. The monoisotopic (exact) mass is 438 g/mol. The second kappa shape index (κ2) is 10.3. The standard InChI is InChI=1S/C25H30N2O5/c1-5-26(6-2)19-11-7-17(8-12-19)22-21(24(29)25(30)27(22)15-16-31-3)23(28)18-9-13-20(32-4)14-10-18/h7-14,22,28H,5-6,15-16H2,1-4H3/b23-21-. The third-order valence-electron chi connectivity index (χ3n) is 5.78. The van der Waals surface area contributed by atoms with E-state index in [2.05, 4.69) is 18.7 Å². The van der Waals surface area contributed by atoms with Gasteiger partial charge in [-0.15, -0.1) is 0 Å². The Bertz CT molecular complexity index is 978. The summed E-state index contributed by atoms with van der Waals surface area (Å²) in [5.41, 5.74) is 2.33. The Hall–Kier alpha value is -3.32. The van der Waals surface area contributed by atoms with Crippen molar-refractivity contribution in [3.05, 3.63) is 65.2 Å². The summed E-state index contributed by atoms with van der Waals surface area (Å²) in [6, 6.07) is 13.8. The van der Waals surface area contributed by atoms with E-state index in [9.17, 15) is 14.7 Å². The van der Waals surface area contributed by atoms with E-state index >= 15 is 0 Å². The fourth-order valence-corrected chi connectivity index (χ4v) is 4.01. The van der Waals surface area contributed by atoms with Crippen LogP contribution in [0.2, 0.25) is 0 Å². The van der Waals surface area contributed by atoms with Crippen LogP contribution in [-0.4, -0.2) is 62.2 Å². The highest BCUT2D eigenvalue weighted by Crippen LogP contribution is 2.39. The molecule has 3 rings (SSSR count). The lowest BCUT2D eigenvalue weighted by Gasteiger charge is -2.26. The topological polar surface area (TPSA) is 79.3 Å². The highest BCUT2D eigenvalue weighted by molar-refractivity contribution is 6.46. The van der Waals surface area contributed by atoms with Gasteiger partial charge in [0.1, 0.15) is 11.5 Å². The van der Waals surface area contributed by atoms with Crippen LogP contribution in [0.25, 0.3) is 5.76 Å². The first kappa shape index (κ1) is 23.3. The third kappa shape index (κ3) is 4.48. The molecule has 1 unspecified atom stereocenters. The molecule has 7 heteroatoms. The Kier molecular flexibility index (Phi) is 7.53. The van der Waals surface area contributed by atoms with Gasteiger partial charge in [0, 0.05) is 38.0 Å². The Morgan fingerprint density at radius 1 is 1.00 bits per heavy atom. The second-order valence-electron chi connectivity index (χ2n) is 7.48. The molecule has 1 N–H and O–H groups in total. The summed E-state index contributed by atoms with van der Waals surface area (Å²) in [7, 11) is 3.10. The van der Waals surface area contributed by atoms with Crippen LogP contribution < -0.4 is 9.64 Å². The molecule has 1 aliphatic heterocycles. The summed E-state index contributed by atoms with van der Waals surface area (Å²) in [4.78, 5) is 29.5. The van der Waals surface area contributed by atoms with Crippen molar-refractivity contribution < 1.29 is 24.2 Å². The van der Waals surface area contributed by atoms with Crippen molar-refractivity contribution in [3.8, 4) is 5.75 Å². The minimum Gasteiger partial charge on any atom is -0.507 e. The highest BCUT2D eigenvalue weighted by Gasteiger charge is 2.45. The van der Waals surface area contributed by atoms with Crippen LogP contribution in [0.3, 0.4) is 0 Å². The normalized spacial score (nSPS) is 17.6. The summed E-state index contributed by atoms with van der Waals surface area (Å²) >= 11 is 0. The van der Waals surface area contributed by atoms with E-state index in [1.54, 1.807) is 38.5 Å². The molecule has 1 amide bonds. The fourth-order valence-electron chi connectivity index (χ4n) is 4.01. The molecule has 0 saturated carbocycles. The molecule has 0 aromatic heterocycles. The van der Waals surface area contributed by atoms with Crippen LogP contribution in [0.15, 0.2) is 54.1 Å². The summed E-state index contributed by atoms with van der Waals surface area (Å²) < 4.78 is 10.3. The largest absolute Gasteiger partial charge is 0.507 e. The summed E-state index contributed by atoms with van der Waals surface area (Å²) in [5, 5.41) is 11.1. The number of likely N-dealkylation sites (tertiary alicyclic amines) is 1. The zero-order chi connectivity index (χ0) is 23.3. The van der Waals surface area contributed by atoms with E-state index in [4.69, 9.17) is 9.47 Å². The number of amides is 1. The average molecular weight is 439 g/mol. The number of methoxy groups -OCH3 is 2. The van der Waals surface area contributed by atoms with Gasteiger partial charge in [-0.2, -0.15) is 0 Å². The molecular formula is C25H30N2O5. The maximum Gasteiger partial charge on any atom is 0.295 e. The molecule has 2 aromatic carbocycles. The maximum absolute atomic E-state index is 13.0. The van der Waals surface area contributed by atoms with Crippen molar-refractivity contribution >= 4 is 23.1 Å². The van der Waals surface area contributed by atoms with Crippen molar-refractivity contribution in [3.63, 3.8) is 0 Å². The van der Waals surface area contributed by atoms with Crippen molar-refractivity contribution in [2.24, 2.45) is 0 Å². The lowest BCUT2D eigenvalue weighted by Crippen LogP contribution is -2.32. The van der Waals surface area contributed by atoms with E-state index in [0.717, 1.165) is 24.3 Å². The Morgan fingerprint density at radius 2 is 1.62 bits per heavy atom. The van der Waals surface area contributed by atoms with Crippen LogP contribution in [0.1, 0.15) is 31.0 Å². The molecule has 2 aromatic rings. The van der Waals surface area contributed by atoms with Gasteiger partial charge in [0.2, 0.25) is 0 Å². The second-order valence-corrected chi connectivity index (χ2v) is 7.48. The number of carbonyl (C=O) groups is 2. The maximum atomic E-state index is 13.0. The molecule has 170 valence electrons. The molecule has 1 fully saturated rings. The zero-order valence-corrected chi connectivity index (χ0v) is 19.0. The number of ketones is 1. The predicted octanol–water partition coefficient (Wildman–Crippen LogP) is 3.61. The molecular weight excluding hydrogens is 408 g/mol. The van der Waals surface area contributed by atoms with E-state index in [-0.39, 0.29) is 24.5 Å². The Balaban J connectivity index is 2.09. The zero-order valence-electron chi connectivity index (χ0n) is 19.0. The number of benzene rings is 2. The number of Topliss-reactive ketones (excluding diaryl/α,β-unsaturated/α-hetero) is 1. The van der Waals surface area contributed by atoms with Crippen LogP contribution >= 0.6 is 0 Å². The van der Waals surface area contributed by atoms with Crippen LogP contribution in [-0.2, 0) is 14.3 Å². The number of anilines is 1. The molecule has 1 heterocycles. The average Bonchev–Trinajstić information content (AvgIpc) is 3.08. The van der Waals surface area contributed by atoms with E-state index in [0.29, 0.717) is 11.3 Å². The molecule has 1 atom stereocenters. The molecule has 7 nitrogen and oxygen atoms in total. The molecule has 32 heavy (non-hydrogen) atoms. The molecule has 0 radical (unpaired) electrons. The van der Waals surface area contributed by atoms with Gasteiger partial charge in [0.05, 0.1) is 25.3 Å². The van der Waals surface area contributed by atoms with Crippen molar-refractivity contribution in [2.75, 3.05) is 45.4 Å². The van der Waals surface area contributed by atoms with Gasteiger partial charge in [-0.1, -0.05) is 12.1 Å². The Morgan fingerprint density at radius 3 is 2.16 bits per heavy atom. The molecule has 1 aliphatic rings. The van der Waals surface area contributed by atoms with E-state index in [1.165, 1.54) is 4.90 Å². The van der Waals surface area contributed by atoms with Crippen molar-refractivity contribution in [1.82, 2.24) is 4.90 Å². The van der Waals surface area contributed by atoms with Crippen LogP contribution in [0.4, 0.5) is 5.69 Å².